The van der Waals surface area contributed by atoms with Crippen molar-refractivity contribution in [3.05, 3.63) is 102 Å². The van der Waals surface area contributed by atoms with Crippen LogP contribution in [0.15, 0.2) is 85.2 Å². The van der Waals surface area contributed by atoms with Crippen LogP contribution in [0.2, 0.25) is 0 Å². The van der Waals surface area contributed by atoms with Gasteiger partial charge < -0.3 is 19.4 Å². The summed E-state index contributed by atoms with van der Waals surface area (Å²) in [7, 11) is 0. The van der Waals surface area contributed by atoms with Crippen LogP contribution >= 0.6 is 11.3 Å². The van der Waals surface area contributed by atoms with Gasteiger partial charge in [-0.05, 0) is 69.7 Å². The number of imidazole rings is 2. The minimum atomic E-state index is -0.545. The number of nitrogens with one attached hydrogen (secondary N) is 2. The lowest BCUT2D eigenvalue weighted by molar-refractivity contribution is 0.0218. The van der Waals surface area contributed by atoms with Crippen molar-refractivity contribution in [3.8, 4) is 33.1 Å². The van der Waals surface area contributed by atoms with E-state index in [4.69, 9.17) is 19.4 Å². The summed E-state index contributed by atoms with van der Waals surface area (Å²) >= 11 is 1.64. The van der Waals surface area contributed by atoms with E-state index in [1.165, 1.54) is 0 Å². The van der Waals surface area contributed by atoms with E-state index in [9.17, 15) is 9.59 Å². The van der Waals surface area contributed by atoms with Crippen molar-refractivity contribution in [2.75, 3.05) is 13.1 Å². The first-order chi connectivity index (χ1) is 25.2. The molecule has 8 rings (SSSR count). The number of fused-ring (bicyclic) bond motifs is 1. The van der Waals surface area contributed by atoms with Gasteiger partial charge in [-0.3, -0.25) is 9.80 Å². The molecule has 2 fully saturated rings. The number of aromatic nitrogens is 5. The quantitative estimate of drug-likeness (QED) is 0.169. The molecular formula is C40H41N7O4S. The topological polar surface area (TPSA) is 129 Å². The second-order valence-electron chi connectivity index (χ2n) is 14.4. The fourth-order valence-corrected chi connectivity index (χ4v) is 7.99. The largest absolute Gasteiger partial charge is 0.445 e. The molecule has 12 heteroatoms. The number of hydrogen-bond acceptors (Lipinski definition) is 8. The fraction of sp³-hybridized carbons (Fsp3) is 0.325. The molecule has 0 saturated carbocycles. The van der Waals surface area contributed by atoms with Gasteiger partial charge in [-0.1, -0.05) is 60.7 Å². The first-order valence-corrected chi connectivity index (χ1v) is 18.6. The number of carbonyl (C=O) groups is 2. The summed E-state index contributed by atoms with van der Waals surface area (Å²) in [5.74, 6) is 1.54. The summed E-state index contributed by atoms with van der Waals surface area (Å²) in [6.45, 7) is 7.19. The molecule has 6 aromatic rings. The summed E-state index contributed by atoms with van der Waals surface area (Å²) in [5.41, 5.74) is 6.19. The van der Waals surface area contributed by atoms with Crippen molar-refractivity contribution >= 4 is 33.7 Å². The van der Waals surface area contributed by atoms with Gasteiger partial charge >= 0.3 is 12.2 Å². The molecule has 11 nitrogen and oxygen atoms in total. The molecule has 0 spiro atoms. The zero-order valence-electron chi connectivity index (χ0n) is 29.5. The van der Waals surface area contributed by atoms with E-state index in [-0.39, 0.29) is 30.9 Å². The molecule has 0 bridgehead atoms. The summed E-state index contributed by atoms with van der Waals surface area (Å²) in [5, 5.41) is 0.934. The van der Waals surface area contributed by atoms with Gasteiger partial charge in [0.1, 0.15) is 28.9 Å². The average molecular weight is 716 g/mol. The zero-order chi connectivity index (χ0) is 35.8. The Morgan fingerprint density at radius 2 is 1.38 bits per heavy atom. The molecule has 0 aliphatic carbocycles. The lowest BCUT2D eigenvalue weighted by Gasteiger charge is -2.27. The van der Waals surface area contributed by atoms with E-state index in [1.807, 2.05) is 69.6 Å². The predicted molar refractivity (Wildman–Crippen MR) is 200 cm³/mol. The van der Waals surface area contributed by atoms with E-state index in [0.29, 0.717) is 13.1 Å². The number of likely N-dealkylation sites (tertiary alicyclic amines) is 2. The molecule has 2 aliphatic rings. The van der Waals surface area contributed by atoms with Gasteiger partial charge in [0.05, 0.1) is 46.1 Å². The molecule has 3 aromatic carbocycles. The van der Waals surface area contributed by atoms with Crippen molar-refractivity contribution in [1.29, 1.82) is 0 Å². The molecular weight excluding hydrogens is 675 g/mol. The third kappa shape index (κ3) is 7.03. The number of rotatable bonds is 7. The molecule has 52 heavy (non-hydrogen) atoms. The monoisotopic (exact) mass is 715 g/mol. The van der Waals surface area contributed by atoms with E-state index < -0.39 is 5.60 Å². The molecule has 266 valence electrons. The number of aromatic amines is 2. The van der Waals surface area contributed by atoms with Gasteiger partial charge in [-0.15, -0.1) is 11.3 Å². The van der Waals surface area contributed by atoms with Crippen LogP contribution in [0.25, 0.3) is 43.3 Å². The Morgan fingerprint density at radius 1 is 0.788 bits per heavy atom. The lowest BCUT2D eigenvalue weighted by atomic mass is 10.1. The number of amides is 2. The van der Waals surface area contributed by atoms with Crippen LogP contribution in [0.1, 0.15) is 75.8 Å². The fourth-order valence-electron chi connectivity index (χ4n) is 6.98. The second-order valence-corrected chi connectivity index (χ2v) is 15.4. The van der Waals surface area contributed by atoms with Crippen LogP contribution in [-0.4, -0.2) is 65.6 Å². The SMILES string of the molecule is CC(C)(C)OC(=O)N1CCC[C@H]1c1ncc(-c2ccc(-c3nc4ccc(-c5cnc([C@@H]6CCCN6C(=O)OCc6ccccc6)[nH]5)cc4s3)cc2)[nH]1. The molecule has 2 atom stereocenters. The maximum Gasteiger partial charge on any atom is 0.410 e. The summed E-state index contributed by atoms with van der Waals surface area (Å²) < 4.78 is 12.3. The maximum absolute atomic E-state index is 13.0. The Kier molecular flexibility index (Phi) is 9.00. The van der Waals surface area contributed by atoms with Crippen molar-refractivity contribution < 1.29 is 19.1 Å². The van der Waals surface area contributed by atoms with Gasteiger partial charge in [0.25, 0.3) is 0 Å². The normalized spacial score (nSPS) is 17.6. The van der Waals surface area contributed by atoms with Gasteiger partial charge in [-0.2, -0.15) is 0 Å². The molecule has 0 radical (unpaired) electrons. The van der Waals surface area contributed by atoms with Crippen molar-refractivity contribution in [3.63, 3.8) is 0 Å². The first-order valence-electron chi connectivity index (χ1n) is 17.8. The minimum absolute atomic E-state index is 0.129. The number of H-pyrrole nitrogens is 2. The Labute approximate surface area is 306 Å². The molecule has 2 amide bonds. The van der Waals surface area contributed by atoms with E-state index in [0.717, 1.165) is 86.2 Å². The predicted octanol–water partition coefficient (Wildman–Crippen LogP) is 9.29. The Morgan fingerprint density at radius 3 is 2.04 bits per heavy atom. The van der Waals surface area contributed by atoms with Crippen LogP contribution in [0.4, 0.5) is 9.59 Å². The minimum Gasteiger partial charge on any atom is -0.445 e. The van der Waals surface area contributed by atoms with Gasteiger partial charge in [0.2, 0.25) is 0 Å². The van der Waals surface area contributed by atoms with Crippen LogP contribution < -0.4 is 0 Å². The molecule has 0 unspecified atom stereocenters. The third-order valence-electron chi connectivity index (χ3n) is 9.54. The Hall–Kier alpha value is -5.49. The summed E-state index contributed by atoms with van der Waals surface area (Å²) in [4.78, 5) is 50.6. The highest BCUT2D eigenvalue weighted by Gasteiger charge is 2.35. The molecule has 2 aliphatic heterocycles. The highest BCUT2D eigenvalue weighted by molar-refractivity contribution is 7.21. The van der Waals surface area contributed by atoms with E-state index in [2.05, 4.69) is 51.4 Å². The zero-order valence-corrected chi connectivity index (χ0v) is 30.3. The van der Waals surface area contributed by atoms with Crippen molar-refractivity contribution in [1.82, 2.24) is 34.7 Å². The van der Waals surface area contributed by atoms with Gasteiger partial charge in [0, 0.05) is 24.2 Å². The number of thiazole rings is 1. The van der Waals surface area contributed by atoms with Gasteiger partial charge in [0.15, 0.2) is 0 Å². The molecule has 5 heterocycles. The third-order valence-corrected chi connectivity index (χ3v) is 10.6. The number of ether oxygens (including phenoxy) is 2. The van der Waals surface area contributed by atoms with Crippen LogP contribution in [0.3, 0.4) is 0 Å². The van der Waals surface area contributed by atoms with E-state index >= 15 is 0 Å². The van der Waals surface area contributed by atoms with Crippen LogP contribution in [-0.2, 0) is 16.1 Å². The number of carbonyl (C=O) groups excluding carboxylic acids is 2. The van der Waals surface area contributed by atoms with Crippen LogP contribution in [0.5, 0.6) is 0 Å². The molecule has 2 N–H and O–H groups in total. The Balaban J connectivity index is 0.938. The van der Waals surface area contributed by atoms with Crippen LogP contribution in [0, 0.1) is 0 Å². The lowest BCUT2D eigenvalue weighted by Crippen LogP contribution is -2.36. The smallest absolute Gasteiger partial charge is 0.410 e. The number of nitrogens with zero attached hydrogens (tertiary/aromatic N) is 5. The Bertz CT molecular complexity index is 2200. The van der Waals surface area contributed by atoms with Crippen molar-refractivity contribution in [2.24, 2.45) is 0 Å². The first kappa shape index (κ1) is 33.6. The van der Waals surface area contributed by atoms with E-state index in [1.54, 1.807) is 21.1 Å². The number of hydrogen-bond donors (Lipinski definition) is 2. The second kappa shape index (κ2) is 13.9. The molecule has 2 saturated heterocycles. The maximum atomic E-state index is 13.0. The molecule has 3 aromatic heterocycles. The summed E-state index contributed by atoms with van der Waals surface area (Å²) in [6, 6.07) is 24.0. The standard InChI is InChI=1S/C40H41N7O4S/c1-40(2,3)51-39(49)47-20-8-12-33(47)36-41-22-30(43-36)26-13-15-27(16-14-26)37-45-29-18-17-28(21-34(29)52-37)31-23-42-35(44-31)32-11-7-19-46(32)38(48)50-24-25-9-5-4-6-10-25/h4-6,9-10,13-18,21-23,32-33H,7-8,11-12,19-20,24H2,1-3H3,(H,41,43)(H,42,44)/t32-,33-/m0/s1. The average Bonchev–Trinajstić information content (AvgIpc) is 3.98. The summed E-state index contributed by atoms with van der Waals surface area (Å²) in [6.07, 6.45) is 6.54. The highest BCUT2D eigenvalue weighted by atomic mass is 32.1. The highest BCUT2D eigenvalue weighted by Crippen LogP contribution is 2.37. The number of benzene rings is 3. The van der Waals surface area contributed by atoms with Crippen molar-refractivity contribution in [2.45, 2.75) is 70.7 Å². The van der Waals surface area contributed by atoms with Gasteiger partial charge in [-0.25, -0.2) is 24.5 Å².